The number of rotatable bonds is 2. The van der Waals surface area contributed by atoms with Crippen LogP contribution in [0.25, 0.3) is 10.9 Å². The zero-order valence-electron chi connectivity index (χ0n) is 10.4. The first-order valence-electron chi connectivity index (χ1n) is 5.80. The van der Waals surface area contributed by atoms with Crippen molar-refractivity contribution in [2.24, 2.45) is 0 Å². The van der Waals surface area contributed by atoms with Crippen molar-refractivity contribution in [3.05, 3.63) is 46.9 Å². The molecule has 3 rings (SSSR count). The Kier molecular flexibility index (Phi) is 3.08. The van der Waals surface area contributed by atoms with Crippen molar-refractivity contribution in [3.8, 4) is 0 Å². The molecule has 2 heterocycles. The van der Waals surface area contributed by atoms with E-state index < -0.39 is 5.91 Å². The van der Waals surface area contributed by atoms with Gasteiger partial charge in [0.2, 0.25) is 0 Å². The van der Waals surface area contributed by atoms with Crippen molar-refractivity contribution < 1.29 is 9.32 Å². The van der Waals surface area contributed by atoms with Crippen molar-refractivity contribution in [1.82, 2.24) is 15.1 Å². The lowest BCUT2D eigenvalue weighted by Gasteiger charge is -2.04. The fourth-order valence-corrected chi connectivity index (χ4v) is 2.02. The van der Waals surface area contributed by atoms with Crippen LogP contribution in [-0.4, -0.2) is 21.0 Å². The first kappa shape index (κ1) is 12.6. The van der Waals surface area contributed by atoms with Crippen LogP contribution >= 0.6 is 11.6 Å². The van der Waals surface area contributed by atoms with E-state index in [-0.39, 0.29) is 11.7 Å². The Balaban J connectivity index is 1.95. The van der Waals surface area contributed by atoms with Gasteiger partial charge in [0.1, 0.15) is 5.69 Å². The van der Waals surface area contributed by atoms with Gasteiger partial charge in [0.25, 0.3) is 5.91 Å². The summed E-state index contributed by atoms with van der Waals surface area (Å²) in [5.74, 6) is -0.0221. The highest BCUT2D eigenvalue weighted by atomic mass is 35.5. The first-order chi connectivity index (χ1) is 9.63. The van der Waals surface area contributed by atoms with Crippen molar-refractivity contribution in [2.45, 2.75) is 6.92 Å². The van der Waals surface area contributed by atoms with Crippen LogP contribution in [0.5, 0.6) is 0 Å². The second-order valence-corrected chi connectivity index (χ2v) is 4.51. The molecule has 0 unspecified atom stereocenters. The smallest absolute Gasteiger partial charge is 0.315 e. The van der Waals surface area contributed by atoms with Crippen LogP contribution < -0.4 is 5.32 Å². The molecule has 0 spiro atoms. The zero-order chi connectivity index (χ0) is 14.1. The molecule has 1 N–H and O–H groups in total. The minimum absolute atomic E-state index is 0.0265. The maximum Gasteiger partial charge on any atom is 0.328 e. The number of amides is 1. The number of anilines is 1. The van der Waals surface area contributed by atoms with E-state index in [1.807, 2.05) is 18.2 Å². The molecule has 1 aromatic carbocycles. The van der Waals surface area contributed by atoms with Crippen molar-refractivity contribution in [2.75, 3.05) is 5.32 Å². The summed E-state index contributed by atoms with van der Waals surface area (Å²) in [5, 5.41) is 7.31. The number of aryl methyl sites for hydroxylation is 1. The van der Waals surface area contributed by atoms with Gasteiger partial charge < -0.3 is 4.52 Å². The second kappa shape index (κ2) is 4.90. The van der Waals surface area contributed by atoms with E-state index in [0.717, 1.165) is 5.39 Å². The number of aromatic nitrogens is 3. The van der Waals surface area contributed by atoms with Crippen molar-refractivity contribution >= 4 is 34.4 Å². The molecule has 0 saturated heterocycles. The number of benzene rings is 1. The first-order valence-corrected chi connectivity index (χ1v) is 6.18. The predicted molar refractivity (Wildman–Crippen MR) is 73.7 cm³/mol. The molecule has 2 aromatic heterocycles. The number of nitrogens with zero attached hydrogens (tertiary/aromatic N) is 3. The lowest BCUT2D eigenvalue weighted by Crippen LogP contribution is -2.14. The Morgan fingerprint density at radius 3 is 2.85 bits per heavy atom. The summed E-state index contributed by atoms with van der Waals surface area (Å²) < 4.78 is 4.82. The van der Waals surface area contributed by atoms with E-state index >= 15 is 0 Å². The monoisotopic (exact) mass is 288 g/mol. The molecular formula is C13H9ClN4O2. The predicted octanol–water partition coefficient (Wildman–Crippen LogP) is 2.83. The van der Waals surface area contributed by atoms with Crippen LogP contribution in [0.4, 0.5) is 6.01 Å². The molecular weight excluding hydrogens is 280 g/mol. The summed E-state index contributed by atoms with van der Waals surface area (Å²) in [7, 11) is 0. The molecule has 3 aromatic rings. The maximum atomic E-state index is 12.1. The standard InChI is InChI=1S/C13H9ClN4O2/c1-7-15-13(20-18-7)17-12(19)11-6-9(14)8-4-2-3-5-10(8)16-11/h2-6H,1H3,(H,15,17,18,19). The Morgan fingerprint density at radius 2 is 2.10 bits per heavy atom. The Labute approximate surface area is 118 Å². The Bertz CT molecular complexity index is 800. The lowest BCUT2D eigenvalue weighted by atomic mass is 10.2. The highest BCUT2D eigenvalue weighted by molar-refractivity contribution is 6.35. The largest absolute Gasteiger partial charge is 0.328 e. The molecule has 0 fully saturated rings. The lowest BCUT2D eigenvalue weighted by molar-refractivity contribution is 0.101. The topological polar surface area (TPSA) is 80.9 Å². The summed E-state index contributed by atoms with van der Waals surface area (Å²) in [6.07, 6.45) is 0. The van der Waals surface area contributed by atoms with E-state index in [2.05, 4.69) is 20.4 Å². The SMILES string of the molecule is Cc1noc(NC(=O)c2cc(Cl)c3ccccc3n2)n1. The van der Waals surface area contributed by atoms with Crippen LogP contribution in [0.15, 0.2) is 34.9 Å². The molecule has 6 nitrogen and oxygen atoms in total. The third-order valence-corrected chi connectivity index (χ3v) is 2.96. The molecule has 0 atom stereocenters. The minimum Gasteiger partial charge on any atom is -0.315 e. The summed E-state index contributed by atoms with van der Waals surface area (Å²) >= 11 is 6.14. The number of nitrogens with one attached hydrogen (secondary N) is 1. The number of fused-ring (bicyclic) bond motifs is 1. The molecule has 100 valence electrons. The average Bonchev–Trinajstić information content (AvgIpc) is 2.84. The molecule has 0 aliphatic carbocycles. The number of para-hydroxylation sites is 1. The summed E-state index contributed by atoms with van der Waals surface area (Å²) in [4.78, 5) is 20.2. The van der Waals surface area contributed by atoms with Gasteiger partial charge in [-0.2, -0.15) is 4.98 Å². The van der Waals surface area contributed by atoms with Crippen LogP contribution in [0.1, 0.15) is 16.3 Å². The number of hydrogen-bond acceptors (Lipinski definition) is 5. The van der Waals surface area contributed by atoms with E-state index in [1.54, 1.807) is 13.0 Å². The zero-order valence-corrected chi connectivity index (χ0v) is 11.2. The van der Waals surface area contributed by atoms with Crippen molar-refractivity contribution in [1.29, 1.82) is 0 Å². The number of halogens is 1. The summed E-state index contributed by atoms with van der Waals surface area (Å²) in [5.41, 5.74) is 0.830. The van der Waals surface area contributed by atoms with Crippen LogP contribution in [0.3, 0.4) is 0 Å². The fraction of sp³-hybridized carbons (Fsp3) is 0.0769. The van der Waals surface area contributed by atoms with Gasteiger partial charge in [-0.3, -0.25) is 10.1 Å². The van der Waals surface area contributed by atoms with Crippen LogP contribution in [0, 0.1) is 6.92 Å². The Hall–Kier alpha value is -2.47. The van der Waals surface area contributed by atoms with Crippen LogP contribution in [0.2, 0.25) is 5.02 Å². The highest BCUT2D eigenvalue weighted by Gasteiger charge is 2.14. The van der Waals surface area contributed by atoms with Gasteiger partial charge >= 0.3 is 6.01 Å². The van der Waals surface area contributed by atoms with Gasteiger partial charge in [0, 0.05) is 5.39 Å². The number of pyridine rings is 1. The third kappa shape index (κ3) is 2.33. The molecule has 20 heavy (non-hydrogen) atoms. The number of hydrogen-bond donors (Lipinski definition) is 1. The van der Waals surface area contributed by atoms with Gasteiger partial charge in [0.15, 0.2) is 5.82 Å². The van der Waals surface area contributed by atoms with Gasteiger partial charge in [-0.15, -0.1) is 0 Å². The minimum atomic E-state index is -0.457. The normalized spacial score (nSPS) is 10.7. The van der Waals surface area contributed by atoms with E-state index in [4.69, 9.17) is 16.1 Å². The fourth-order valence-electron chi connectivity index (χ4n) is 1.76. The number of carbonyl (C=O) groups is 1. The maximum absolute atomic E-state index is 12.1. The van der Waals surface area contributed by atoms with Gasteiger partial charge in [-0.25, -0.2) is 4.98 Å². The van der Waals surface area contributed by atoms with Gasteiger partial charge in [0.05, 0.1) is 10.5 Å². The number of carbonyl (C=O) groups excluding carboxylic acids is 1. The highest BCUT2D eigenvalue weighted by Crippen LogP contribution is 2.23. The second-order valence-electron chi connectivity index (χ2n) is 4.11. The van der Waals surface area contributed by atoms with Crippen molar-refractivity contribution in [3.63, 3.8) is 0 Å². The molecule has 1 amide bonds. The Morgan fingerprint density at radius 1 is 1.30 bits per heavy atom. The quantitative estimate of drug-likeness (QED) is 0.784. The molecule has 0 saturated carbocycles. The molecule has 7 heteroatoms. The molecule has 0 aliphatic rings. The molecule has 0 aliphatic heterocycles. The van der Waals surface area contributed by atoms with E-state index in [9.17, 15) is 4.79 Å². The summed E-state index contributed by atoms with van der Waals surface area (Å²) in [6.45, 7) is 1.66. The molecule has 0 bridgehead atoms. The molecule has 0 radical (unpaired) electrons. The van der Waals surface area contributed by atoms with E-state index in [0.29, 0.717) is 16.4 Å². The van der Waals surface area contributed by atoms with Gasteiger partial charge in [-0.05, 0) is 19.1 Å². The van der Waals surface area contributed by atoms with Crippen LogP contribution in [-0.2, 0) is 0 Å². The average molecular weight is 289 g/mol. The van der Waals surface area contributed by atoms with Gasteiger partial charge in [-0.1, -0.05) is 35.0 Å². The van der Waals surface area contributed by atoms with E-state index in [1.165, 1.54) is 6.07 Å². The third-order valence-electron chi connectivity index (χ3n) is 2.65. The summed E-state index contributed by atoms with van der Waals surface area (Å²) in [6, 6.07) is 8.84.